The van der Waals surface area contributed by atoms with Crippen molar-refractivity contribution in [3.63, 3.8) is 0 Å². The average molecular weight is 299 g/mol. The summed E-state index contributed by atoms with van der Waals surface area (Å²) in [6.07, 6.45) is 8.70. The Kier molecular flexibility index (Phi) is 11.6. The molecule has 0 spiro atoms. The topological polar surface area (TPSA) is 69.6 Å². The highest BCUT2D eigenvalue weighted by Crippen LogP contribution is 2.26. The van der Waals surface area contributed by atoms with Crippen molar-refractivity contribution >= 4 is 24.8 Å². The lowest BCUT2D eigenvalue weighted by atomic mass is 9.84. The number of carbonyl (C=O) groups is 1. The third kappa shape index (κ3) is 9.23. The van der Waals surface area contributed by atoms with E-state index in [1.165, 1.54) is 4.91 Å². The average Bonchev–Trinajstić information content (AvgIpc) is 2.40. The van der Waals surface area contributed by atoms with Crippen molar-refractivity contribution in [1.82, 2.24) is 5.32 Å². The van der Waals surface area contributed by atoms with Crippen molar-refractivity contribution in [2.75, 3.05) is 5.75 Å². The van der Waals surface area contributed by atoms with Gasteiger partial charge in [-0.15, -0.1) is 11.8 Å². The van der Waals surface area contributed by atoms with E-state index in [9.17, 15) is 4.79 Å². The number of hydrogen-bond donors (Lipinski definition) is 3. The van der Waals surface area contributed by atoms with Crippen LogP contribution in [0.25, 0.3) is 0 Å². The molecular weight excluding hydrogens is 273 g/mol. The van der Waals surface area contributed by atoms with Crippen molar-refractivity contribution in [2.24, 2.45) is 0 Å². The maximum atomic E-state index is 11.0. The highest BCUT2D eigenvalue weighted by molar-refractivity contribution is 8.04. The van der Waals surface area contributed by atoms with E-state index >= 15 is 0 Å². The largest absolute Gasteiger partial charge is 0.451 e. The predicted molar refractivity (Wildman–Crippen MR) is 87.3 cm³/mol. The molecule has 0 atom stereocenters. The van der Waals surface area contributed by atoms with Crippen molar-refractivity contribution in [1.29, 1.82) is 0 Å². The number of allylic oxidation sites excluding steroid dienone is 2. The zero-order valence-corrected chi connectivity index (χ0v) is 13.5. The number of rotatable bonds is 5. The second kappa shape index (κ2) is 12.1. The SMILES string of the molecule is C/C=C1/SCC(=O)N/C1=C/CC.CCCCCB(O)O. The van der Waals surface area contributed by atoms with E-state index in [0.29, 0.717) is 12.1 Å². The van der Waals surface area contributed by atoms with Crippen molar-refractivity contribution in [3.8, 4) is 0 Å². The van der Waals surface area contributed by atoms with Gasteiger partial charge < -0.3 is 15.4 Å². The third-order valence-corrected chi connectivity index (χ3v) is 3.81. The maximum Gasteiger partial charge on any atom is 0.451 e. The molecule has 1 heterocycles. The molecule has 1 rings (SSSR count). The molecule has 1 aliphatic rings. The molecule has 6 heteroatoms. The molecule has 1 aliphatic heterocycles. The van der Waals surface area contributed by atoms with E-state index in [1.807, 2.05) is 19.1 Å². The fourth-order valence-corrected chi connectivity index (χ4v) is 2.46. The Bertz CT molecular complexity index is 343. The monoisotopic (exact) mass is 299 g/mol. The van der Waals surface area contributed by atoms with Crippen LogP contribution < -0.4 is 5.32 Å². The summed E-state index contributed by atoms with van der Waals surface area (Å²) in [4.78, 5) is 12.2. The van der Waals surface area contributed by atoms with Crippen LogP contribution in [0.5, 0.6) is 0 Å². The molecule has 0 saturated carbocycles. The number of nitrogens with one attached hydrogen (secondary N) is 1. The van der Waals surface area contributed by atoms with Gasteiger partial charge >= 0.3 is 7.12 Å². The summed E-state index contributed by atoms with van der Waals surface area (Å²) in [6, 6.07) is 0. The normalized spacial score (nSPS) is 18.6. The van der Waals surface area contributed by atoms with Gasteiger partial charge in [0.15, 0.2) is 0 Å². The molecule has 114 valence electrons. The van der Waals surface area contributed by atoms with Gasteiger partial charge in [0.05, 0.1) is 11.4 Å². The van der Waals surface area contributed by atoms with Crippen LogP contribution >= 0.6 is 11.8 Å². The van der Waals surface area contributed by atoms with Crippen LogP contribution in [0.1, 0.15) is 46.5 Å². The van der Waals surface area contributed by atoms with Gasteiger partial charge in [-0.1, -0.05) is 45.3 Å². The molecule has 0 aromatic carbocycles. The van der Waals surface area contributed by atoms with E-state index in [0.717, 1.165) is 31.4 Å². The Hall–Kier alpha value is -0.715. The van der Waals surface area contributed by atoms with Crippen molar-refractivity contribution < 1.29 is 14.8 Å². The first-order valence-electron chi connectivity index (χ1n) is 7.20. The molecule has 0 bridgehead atoms. The number of hydrogen-bond acceptors (Lipinski definition) is 4. The van der Waals surface area contributed by atoms with Crippen LogP contribution in [0, 0.1) is 0 Å². The van der Waals surface area contributed by atoms with E-state index in [-0.39, 0.29) is 5.91 Å². The molecule has 1 fully saturated rings. The molecule has 4 nitrogen and oxygen atoms in total. The van der Waals surface area contributed by atoms with Gasteiger partial charge in [-0.2, -0.15) is 0 Å². The number of carbonyl (C=O) groups excluding carboxylic acids is 1. The number of unbranched alkanes of at least 4 members (excludes halogenated alkanes) is 2. The van der Waals surface area contributed by atoms with E-state index in [2.05, 4.69) is 19.2 Å². The second-order valence-electron chi connectivity index (χ2n) is 4.49. The van der Waals surface area contributed by atoms with Crippen LogP contribution in [0.4, 0.5) is 0 Å². The van der Waals surface area contributed by atoms with E-state index in [1.54, 1.807) is 11.8 Å². The minimum absolute atomic E-state index is 0.102. The highest BCUT2D eigenvalue weighted by atomic mass is 32.2. The summed E-state index contributed by atoms with van der Waals surface area (Å²) >= 11 is 1.60. The lowest BCUT2D eigenvalue weighted by Gasteiger charge is -2.18. The van der Waals surface area contributed by atoms with Crippen LogP contribution in [0.3, 0.4) is 0 Å². The van der Waals surface area contributed by atoms with Gasteiger partial charge in [-0.25, -0.2) is 0 Å². The predicted octanol–water partition coefficient (Wildman–Crippen LogP) is 2.70. The molecule has 0 radical (unpaired) electrons. The van der Waals surface area contributed by atoms with Crippen LogP contribution in [-0.2, 0) is 4.79 Å². The number of thioether (sulfide) groups is 1. The van der Waals surface area contributed by atoms with Gasteiger partial charge in [-0.05, 0) is 19.7 Å². The summed E-state index contributed by atoms with van der Waals surface area (Å²) < 4.78 is 0. The van der Waals surface area contributed by atoms with Crippen molar-refractivity contribution in [2.45, 2.75) is 52.8 Å². The van der Waals surface area contributed by atoms with Gasteiger partial charge in [0.2, 0.25) is 5.91 Å². The Morgan fingerprint density at radius 3 is 2.55 bits per heavy atom. The molecule has 0 aromatic heterocycles. The first kappa shape index (κ1) is 19.3. The van der Waals surface area contributed by atoms with Crippen LogP contribution in [-0.4, -0.2) is 28.8 Å². The molecule has 3 N–H and O–H groups in total. The lowest BCUT2D eigenvalue weighted by molar-refractivity contribution is -0.117. The van der Waals surface area contributed by atoms with Gasteiger partial charge in [0.25, 0.3) is 0 Å². The Morgan fingerprint density at radius 1 is 1.35 bits per heavy atom. The fraction of sp³-hybridized carbons (Fsp3) is 0.643. The second-order valence-corrected chi connectivity index (χ2v) is 5.51. The van der Waals surface area contributed by atoms with Crippen LogP contribution in [0.15, 0.2) is 22.8 Å². The molecule has 1 saturated heterocycles. The molecule has 20 heavy (non-hydrogen) atoms. The van der Waals surface area contributed by atoms with Gasteiger partial charge in [-0.3, -0.25) is 4.79 Å². The minimum atomic E-state index is -1.10. The molecule has 0 unspecified atom stereocenters. The quantitative estimate of drug-likeness (QED) is 0.539. The summed E-state index contributed by atoms with van der Waals surface area (Å²) in [6.45, 7) is 6.14. The zero-order valence-electron chi connectivity index (χ0n) is 12.7. The summed E-state index contributed by atoms with van der Waals surface area (Å²) in [7, 11) is -1.10. The summed E-state index contributed by atoms with van der Waals surface area (Å²) in [5.74, 6) is 0.645. The Balaban J connectivity index is 0.000000396. The van der Waals surface area contributed by atoms with Crippen LogP contribution in [0.2, 0.25) is 6.32 Å². The Labute approximate surface area is 126 Å². The minimum Gasteiger partial charge on any atom is -0.427 e. The summed E-state index contributed by atoms with van der Waals surface area (Å²) in [5, 5.41) is 19.5. The first-order valence-corrected chi connectivity index (χ1v) is 8.19. The molecule has 0 aromatic rings. The molecule has 0 aliphatic carbocycles. The standard InChI is InChI=1S/C9H13NOS.C5H13BO2/c1-3-5-7-8(4-2)12-6-9(11)10-7;1-2-3-4-5-6(7)8/h4-5H,3,6H2,1-2H3,(H,10,11);7-8H,2-5H2,1H3/b7-5+,8-4+;. The first-order chi connectivity index (χ1) is 9.54. The van der Waals surface area contributed by atoms with Gasteiger partial charge in [0, 0.05) is 4.91 Å². The maximum absolute atomic E-state index is 11.0. The highest BCUT2D eigenvalue weighted by Gasteiger charge is 2.15. The Morgan fingerprint density at radius 2 is 2.05 bits per heavy atom. The molecule has 1 amide bonds. The van der Waals surface area contributed by atoms with Crippen molar-refractivity contribution in [3.05, 3.63) is 22.8 Å². The molecular formula is C14H26BNO3S. The number of amides is 1. The van der Waals surface area contributed by atoms with E-state index < -0.39 is 7.12 Å². The van der Waals surface area contributed by atoms with Gasteiger partial charge in [0.1, 0.15) is 0 Å². The zero-order chi connectivity index (χ0) is 15.4. The third-order valence-electron chi connectivity index (χ3n) is 2.63. The van der Waals surface area contributed by atoms with E-state index in [4.69, 9.17) is 10.0 Å². The fourth-order valence-electron chi connectivity index (χ4n) is 1.64. The smallest absolute Gasteiger partial charge is 0.427 e. The lowest BCUT2D eigenvalue weighted by Crippen LogP contribution is -2.29. The summed E-state index contributed by atoms with van der Waals surface area (Å²) in [5.41, 5.74) is 0.973.